The molecule has 0 amide bonds. The number of morpholine rings is 1. The van der Waals surface area contributed by atoms with Gasteiger partial charge >= 0.3 is 0 Å². The molecule has 1 unspecified atom stereocenters. The lowest BCUT2D eigenvalue weighted by molar-refractivity contribution is -0.109. The highest BCUT2D eigenvalue weighted by Crippen LogP contribution is 2.28. The fraction of sp³-hybridized carbons (Fsp3) is 0.727. The van der Waals surface area contributed by atoms with Gasteiger partial charge in [-0.2, -0.15) is 4.31 Å². The molecule has 0 spiro atoms. The summed E-state index contributed by atoms with van der Waals surface area (Å²) in [5.74, 6) is 0. The van der Waals surface area contributed by atoms with Crippen LogP contribution >= 0.6 is 11.6 Å². The van der Waals surface area contributed by atoms with Crippen molar-refractivity contribution in [3.63, 3.8) is 0 Å². The first kappa shape index (κ1) is 14.8. The van der Waals surface area contributed by atoms with Gasteiger partial charge in [0.05, 0.1) is 18.0 Å². The second-order valence-electron chi connectivity index (χ2n) is 5.44. The standard InChI is InChI=1S/C11H18ClN3O3S/c1-8-5-15(6-11(2,3)18-8)19(16,17)10-9(12)14(4)7-13-10/h7-8H,5-6H2,1-4H3. The van der Waals surface area contributed by atoms with E-state index in [1.165, 1.54) is 15.2 Å². The lowest BCUT2D eigenvalue weighted by Crippen LogP contribution is -2.53. The Kier molecular flexibility index (Phi) is 3.68. The SMILES string of the molecule is CC1CN(S(=O)(=O)c2ncn(C)c2Cl)CC(C)(C)O1. The minimum atomic E-state index is -3.69. The van der Waals surface area contributed by atoms with E-state index in [1.54, 1.807) is 7.05 Å². The van der Waals surface area contributed by atoms with E-state index in [4.69, 9.17) is 16.3 Å². The van der Waals surface area contributed by atoms with Crippen molar-refractivity contribution in [2.24, 2.45) is 7.05 Å². The summed E-state index contributed by atoms with van der Waals surface area (Å²) >= 11 is 5.98. The number of rotatable bonds is 2. The van der Waals surface area contributed by atoms with E-state index in [9.17, 15) is 8.42 Å². The van der Waals surface area contributed by atoms with E-state index in [0.717, 1.165) is 0 Å². The van der Waals surface area contributed by atoms with Crippen molar-refractivity contribution >= 4 is 21.6 Å². The largest absolute Gasteiger partial charge is 0.370 e. The van der Waals surface area contributed by atoms with Gasteiger partial charge in [-0.25, -0.2) is 13.4 Å². The highest BCUT2D eigenvalue weighted by atomic mass is 35.5. The molecule has 6 nitrogen and oxygen atoms in total. The van der Waals surface area contributed by atoms with Crippen LogP contribution in [-0.4, -0.2) is 47.1 Å². The summed E-state index contributed by atoms with van der Waals surface area (Å²) in [5.41, 5.74) is -0.522. The van der Waals surface area contributed by atoms with Gasteiger partial charge in [0.15, 0.2) is 0 Å². The summed E-state index contributed by atoms with van der Waals surface area (Å²) in [6, 6.07) is 0. The molecule has 0 radical (unpaired) electrons. The maximum Gasteiger partial charge on any atom is 0.263 e. The molecule has 1 fully saturated rings. The van der Waals surface area contributed by atoms with Gasteiger partial charge in [0.2, 0.25) is 5.03 Å². The normalized spacial score (nSPS) is 24.6. The monoisotopic (exact) mass is 307 g/mol. The van der Waals surface area contributed by atoms with Gasteiger partial charge in [-0.15, -0.1) is 0 Å². The second-order valence-corrected chi connectivity index (χ2v) is 7.65. The number of ether oxygens (including phenoxy) is 1. The minimum absolute atomic E-state index is 0.0958. The molecular formula is C11H18ClN3O3S. The van der Waals surface area contributed by atoms with Crippen LogP contribution in [0.2, 0.25) is 5.15 Å². The second kappa shape index (κ2) is 4.73. The van der Waals surface area contributed by atoms with E-state index in [-0.39, 0.29) is 22.8 Å². The van der Waals surface area contributed by atoms with Gasteiger partial charge in [0.25, 0.3) is 10.0 Å². The van der Waals surface area contributed by atoms with Gasteiger partial charge in [0.1, 0.15) is 5.15 Å². The van der Waals surface area contributed by atoms with Gasteiger partial charge in [0, 0.05) is 20.1 Å². The van der Waals surface area contributed by atoms with Crippen LogP contribution in [0, 0.1) is 0 Å². The zero-order valence-electron chi connectivity index (χ0n) is 11.4. The van der Waals surface area contributed by atoms with Crippen LogP contribution in [0.1, 0.15) is 20.8 Å². The molecule has 0 saturated carbocycles. The number of hydrogen-bond acceptors (Lipinski definition) is 4. The van der Waals surface area contributed by atoms with Gasteiger partial charge in [-0.3, -0.25) is 0 Å². The predicted molar refractivity (Wildman–Crippen MR) is 71.6 cm³/mol. The third kappa shape index (κ3) is 2.79. The fourth-order valence-corrected chi connectivity index (χ4v) is 4.32. The third-order valence-electron chi connectivity index (χ3n) is 2.96. The third-order valence-corrected chi connectivity index (χ3v) is 5.26. The quantitative estimate of drug-likeness (QED) is 0.825. The summed E-state index contributed by atoms with van der Waals surface area (Å²) in [7, 11) is -2.03. The Morgan fingerprint density at radius 3 is 2.63 bits per heavy atom. The van der Waals surface area contributed by atoms with Crippen molar-refractivity contribution in [2.45, 2.75) is 37.5 Å². The summed E-state index contributed by atoms with van der Waals surface area (Å²) in [6.07, 6.45) is 1.23. The molecule has 1 aliphatic rings. The predicted octanol–water partition coefficient (Wildman–Crippen LogP) is 1.26. The first-order valence-electron chi connectivity index (χ1n) is 5.98. The highest BCUT2D eigenvalue weighted by Gasteiger charge is 2.39. The Balaban J connectivity index is 2.37. The van der Waals surface area contributed by atoms with Crippen molar-refractivity contribution in [3.8, 4) is 0 Å². The van der Waals surface area contributed by atoms with Crippen LogP contribution in [0.15, 0.2) is 11.4 Å². The van der Waals surface area contributed by atoms with Crippen LogP contribution in [0.3, 0.4) is 0 Å². The van der Waals surface area contributed by atoms with Crippen LogP contribution in [0.4, 0.5) is 0 Å². The first-order chi connectivity index (χ1) is 8.63. The van der Waals surface area contributed by atoms with Crippen molar-refractivity contribution in [2.75, 3.05) is 13.1 Å². The van der Waals surface area contributed by atoms with E-state index in [1.807, 2.05) is 20.8 Å². The molecule has 2 rings (SSSR count). The van der Waals surface area contributed by atoms with Crippen LogP contribution in [0.5, 0.6) is 0 Å². The number of sulfonamides is 1. The number of nitrogens with zero attached hydrogens (tertiary/aromatic N) is 3. The van der Waals surface area contributed by atoms with E-state index >= 15 is 0 Å². The van der Waals surface area contributed by atoms with Crippen molar-refractivity contribution in [3.05, 3.63) is 11.5 Å². The molecule has 108 valence electrons. The molecule has 1 atom stereocenters. The summed E-state index contributed by atoms with van der Waals surface area (Å²) in [6.45, 7) is 6.17. The van der Waals surface area contributed by atoms with Crippen molar-refractivity contribution in [1.29, 1.82) is 0 Å². The molecule has 8 heteroatoms. The Morgan fingerprint density at radius 2 is 2.16 bits per heavy atom. The Hall–Kier alpha value is -0.630. The van der Waals surface area contributed by atoms with Crippen molar-refractivity contribution in [1.82, 2.24) is 13.9 Å². The molecule has 19 heavy (non-hydrogen) atoms. The summed E-state index contributed by atoms with van der Waals surface area (Å²) < 4.78 is 33.7. The van der Waals surface area contributed by atoms with Gasteiger partial charge in [-0.05, 0) is 20.8 Å². The molecule has 0 aliphatic carbocycles. The van der Waals surface area contributed by atoms with E-state index in [2.05, 4.69) is 4.98 Å². The zero-order valence-corrected chi connectivity index (χ0v) is 13.0. The molecule has 1 saturated heterocycles. The maximum atomic E-state index is 12.6. The topological polar surface area (TPSA) is 64.4 Å². The molecule has 0 bridgehead atoms. The molecular weight excluding hydrogens is 290 g/mol. The smallest absolute Gasteiger partial charge is 0.263 e. The zero-order chi connectivity index (χ0) is 14.4. The van der Waals surface area contributed by atoms with Gasteiger partial charge in [-0.1, -0.05) is 11.6 Å². The molecule has 0 N–H and O–H groups in total. The molecule has 0 aromatic carbocycles. The summed E-state index contributed by atoms with van der Waals surface area (Å²) in [5, 5.41) is 0.0264. The van der Waals surface area contributed by atoms with Gasteiger partial charge < -0.3 is 9.30 Å². The Morgan fingerprint density at radius 1 is 1.53 bits per heavy atom. The average molecular weight is 308 g/mol. The first-order valence-corrected chi connectivity index (χ1v) is 7.80. The lowest BCUT2D eigenvalue weighted by atomic mass is 10.1. The fourth-order valence-electron chi connectivity index (χ4n) is 2.27. The molecule has 1 aromatic rings. The summed E-state index contributed by atoms with van der Waals surface area (Å²) in [4.78, 5) is 3.90. The van der Waals surface area contributed by atoms with E-state index < -0.39 is 15.6 Å². The van der Waals surface area contributed by atoms with Crippen LogP contribution in [0.25, 0.3) is 0 Å². The van der Waals surface area contributed by atoms with Crippen LogP contribution in [-0.2, 0) is 21.8 Å². The number of hydrogen-bond donors (Lipinski definition) is 0. The number of imidazole rings is 1. The van der Waals surface area contributed by atoms with Crippen LogP contribution < -0.4 is 0 Å². The number of halogens is 1. The Bertz CT molecular complexity index is 582. The lowest BCUT2D eigenvalue weighted by Gasteiger charge is -2.40. The Labute approximate surface area is 118 Å². The molecule has 2 heterocycles. The number of aromatic nitrogens is 2. The molecule has 1 aliphatic heterocycles. The minimum Gasteiger partial charge on any atom is -0.370 e. The average Bonchev–Trinajstić information content (AvgIpc) is 2.57. The highest BCUT2D eigenvalue weighted by molar-refractivity contribution is 7.89. The molecule has 1 aromatic heterocycles. The number of aryl methyl sites for hydroxylation is 1. The van der Waals surface area contributed by atoms with Crippen molar-refractivity contribution < 1.29 is 13.2 Å². The van der Waals surface area contributed by atoms with E-state index in [0.29, 0.717) is 6.54 Å². The maximum absolute atomic E-state index is 12.6.